The Morgan fingerprint density at radius 1 is 1.36 bits per heavy atom. The third-order valence-electron chi connectivity index (χ3n) is 3.48. The fraction of sp³-hybridized carbons (Fsp3) is 1.00. The van der Waals surface area contributed by atoms with E-state index >= 15 is 0 Å². The SMILES string of the molecule is CC1CN(CC2CCCCO2)CC1N. The number of nitrogens with two attached hydrogens (primary N) is 1. The van der Waals surface area contributed by atoms with E-state index in [0.717, 1.165) is 26.2 Å². The summed E-state index contributed by atoms with van der Waals surface area (Å²) in [6, 6.07) is 0.374. The smallest absolute Gasteiger partial charge is 0.0702 e. The van der Waals surface area contributed by atoms with Crippen LogP contribution in [-0.2, 0) is 4.74 Å². The third kappa shape index (κ3) is 2.47. The van der Waals surface area contributed by atoms with Gasteiger partial charge in [-0.3, -0.25) is 4.90 Å². The molecular weight excluding hydrogens is 176 g/mol. The first kappa shape index (κ1) is 10.4. The van der Waals surface area contributed by atoms with Crippen LogP contribution < -0.4 is 5.73 Å². The Kier molecular flexibility index (Phi) is 3.42. The normalized spacial score (nSPS) is 40.3. The Bertz CT molecular complexity index is 170. The van der Waals surface area contributed by atoms with Crippen molar-refractivity contribution in [1.29, 1.82) is 0 Å². The van der Waals surface area contributed by atoms with E-state index in [1.54, 1.807) is 0 Å². The van der Waals surface area contributed by atoms with E-state index in [9.17, 15) is 0 Å². The van der Waals surface area contributed by atoms with Crippen molar-refractivity contribution in [1.82, 2.24) is 4.90 Å². The van der Waals surface area contributed by atoms with E-state index in [2.05, 4.69) is 11.8 Å². The zero-order chi connectivity index (χ0) is 9.97. The Balaban J connectivity index is 1.74. The van der Waals surface area contributed by atoms with Gasteiger partial charge in [-0.05, 0) is 25.2 Å². The van der Waals surface area contributed by atoms with Crippen molar-refractivity contribution in [3.8, 4) is 0 Å². The number of likely N-dealkylation sites (tertiary alicyclic amines) is 1. The summed E-state index contributed by atoms with van der Waals surface area (Å²) in [5.41, 5.74) is 5.99. The van der Waals surface area contributed by atoms with Gasteiger partial charge in [-0.2, -0.15) is 0 Å². The highest BCUT2D eigenvalue weighted by Crippen LogP contribution is 2.19. The minimum atomic E-state index is 0.374. The predicted octanol–water partition coefficient (Wildman–Crippen LogP) is 0.835. The maximum atomic E-state index is 5.99. The molecule has 82 valence electrons. The highest BCUT2D eigenvalue weighted by molar-refractivity contribution is 4.85. The van der Waals surface area contributed by atoms with Gasteiger partial charge in [0.15, 0.2) is 0 Å². The molecule has 14 heavy (non-hydrogen) atoms. The number of nitrogens with zero attached hydrogens (tertiary/aromatic N) is 1. The fourth-order valence-corrected chi connectivity index (χ4v) is 2.48. The second-order valence-corrected chi connectivity index (χ2v) is 4.85. The lowest BCUT2D eigenvalue weighted by molar-refractivity contribution is -0.00238. The minimum Gasteiger partial charge on any atom is -0.377 e. The lowest BCUT2D eigenvalue weighted by atomic mass is 10.1. The predicted molar refractivity (Wildman–Crippen MR) is 57.2 cm³/mol. The fourth-order valence-electron chi connectivity index (χ4n) is 2.48. The van der Waals surface area contributed by atoms with Gasteiger partial charge in [0, 0.05) is 32.3 Å². The standard InChI is InChI=1S/C11H22N2O/c1-9-6-13(8-11(9)12)7-10-4-2-3-5-14-10/h9-11H,2-8,12H2,1H3. The van der Waals surface area contributed by atoms with Gasteiger partial charge in [-0.1, -0.05) is 6.92 Å². The van der Waals surface area contributed by atoms with E-state index in [0.29, 0.717) is 18.1 Å². The molecule has 3 heteroatoms. The van der Waals surface area contributed by atoms with Crippen LogP contribution in [0.1, 0.15) is 26.2 Å². The first-order valence-electron chi connectivity index (χ1n) is 5.85. The Morgan fingerprint density at radius 2 is 2.21 bits per heavy atom. The van der Waals surface area contributed by atoms with Gasteiger partial charge in [0.05, 0.1) is 6.10 Å². The molecule has 0 bridgehead atoms. The zero-order valence-electron chi connectivity index (χ0n) is 9.11. The second kappa shape index (κ2) is 4.60. The molecular formula is C11H22N2O. The largest absolute Gasteiger partial charge is 0.377 e. The van der Waals surface area contributed by atoms with E-state index in [-0.39, 0.29) is 0 Å². The molecule has 3 nitrogen and oxygen atoms in total. The number of hydrogen-bond acceptors (Lipinski definition) is 3. The summed E-state index contributed by atoms with van der Waals surface area (Å²) in [6.07, 6.45) is 4.29. The van der Waals surface area contributed by atoms with Gasteiger partial charge >= 0.3 is 0 Å². The summed E-state index contributed by atoms with van der Waals surface area (Å²) >= 11 is 0. The van der Waals surface area contributed by atoms with Crippen molar-refractivity contribution in [2.75, 3.05) is 26.2 Å². The van der Waals surface area contributed by atoms with Crippen molar-refractivity contribution in [2.45, 2.75) is 38.3 Å². The molecule has 0 saturated carbocycles. The van der Waals surface area contributed by atoms with Crippen molar-refractivity contribution in [3.63, 3.8) is 0 Å². The number of hydrogen-bond donors (Lipinski definition) is 1. The maximum absolute atomic E-state index is 5.99. The van der Waals surface area contributed by atoms with Crippen LogP contribution in [-0.4, -0.2) is 43.3 Å². The Labute approximate surface area is 86.6 Å². The van der Waals surface area contributed by atoms with Gasteiger partial charge in [0.1, 0.15) is 0 Å². The molecule has 0 amide bonds. The molecule has 3 atom stereocenters. The lowest BCUT2D eigenvalue weighted by Gasteiger charge is -2.27. The highest BCUT2D eigenvalue weighted by atomic mass is 16.5. The van der Waals surface area contributed by atoms with Crippen LogP contribution >= 0.6 is 0 Å². The molecule has 0 spiro atoms. The van der Waals surface area contributed by atoms with E-state index in [1.807, 2.05) is 0 Å². The maximum Gasteiger partial charge on any atom is 0.0702 e. The van der Waals surface area contributed by atoms with E-state index in [1.165, 1.54) is 19.3 Å². The molecule has 2 aliphatic heterocycles. The molecule has 2 fully saturated rings. The van der Waals surface area contributed by atoms with Gasteiger partial charge in [-0.15, -0.1) is 0 Å². The molecule has 2 N–H and O–H groups in total. The van der Waals surface area contributed by atoms with Crippen LogP contribution in [0.3, 0.4) is 0 Å². The molecule has 2 saturated heterocycles. The zero-order valence-corrected chi connectivity index (χ0v) is 9.11. The summed E-state index contributed by atoms with van der Waals surface area (Å²) in [5, 5.41) is 0. The highest BCUT2D eigenvalue weighted by Gasteiger charge is 2.28. The summed E-state index contributed by atoms with van der Waals surface area (Å²) < 4.78 is 5.73. The van der Waals surface area contributed by atoms with Crippen molar-refractivity contribution >= 4 is 0 Å². The second-order valence-electron chi connectivity index (χ2n) is 4.85. The monoisotopic (exact) mass is 198 g/mol. The molecule has 2 rings (SSSR count). The number of rotatable bonds is 2. The van der Waals surface area contributed by atoms with Crippen LogP contribution in [0.15, 0.2) is 0 Å². The molecule has 0 aliphatic carbocycles. The molecule has 3 unspecified atom stereocenters. The van der Waals surface area contributed by atoms with Gasteiger partial charge < -0.3 is 10.5 Å². The molecule has 0 aromatic heterocycles. The lowest BCUT2D eigenvalue weighted by Crippen LogP contribution is -2.35. The molecule has 0 aromatic rings. The average Bonchev–Trinajstić information content (AvgIpc) is 2.47. The van der Waals surface area contributed by atoms with Crippen LogP contribution in [0.4, 0.5) is 0 Å². The molecule has 0 radical (unpaired) electrons. The Morgan fingerprint density at radius 3 is 2.79 bits per heavy atom. The van der Waals surface area contributed by atoms with E-state index < -0.39 is 0 Å². The van der Waals surface area contributed by atoms with E-state index in [4.69, 9.17) is 10.5 Å². The third-order valence-corrected chi connectivity index (χ3v) is 3.48. The van der Waals surface area contributed by atoms with Crippen LogP contribution in [0.25, 0.3) is 0 Å². The molecule has 0 aromatic carbocycles. The molecule has 2 heterocycles. The van der Waals surface area contributed by atoms with Crippen molar-refractivity contribution in [3.05, 3.63) is 0 Å². The molecule has 2 aliphatic rings. The van der Waals surface area contributed by atoms with Crippen molar-refractivity contribution < 1.29 is 4.74 Å². The van der Waals surface area contributed by atoms with Gasteiger partial charge in [0.25, 0.3) is 0 Å². The Hall–Kier alpha value is -0.120. The average molecular weight is 198 g/mol. The van der Waals surface area contributed by atoms with Gasteiger partial charge in [-0.25, -0.2) is 0 Å². The van der Waals surface area contributed by atoms with Crippen LogP contribution in [0, 0.1) is 5.92 Å². The van der Waals surface area contributed by atoms with Crippen molar-refractivity contribution in [2.24, 2.45) is 11.7 Å². The summed E-state index contributed by atoms with van der Waals surface area (Å²) in [4.78, 5) is 2.46. The topological polar surface area (TPSA) is 38.5 Å². The van der Waals surface area contributed by atoms with Crippen LogP contribution in [0.5, 0.6) is 0 Å². The quantitative estimate of drug-likeness (QED) is 0.714. The first-order chi connectivity index (χ1) is 6.75. The summed E-state index contributed by atoms with van der Waals surface area (Å²) in [6.45, 7) is 6.51. The van der Waals surface area contributed by atoms with Gasteiger partial charge in [0.2, 0.25) is 0 Å². The minimum absolute atomic E-state index is 0.374. The first-order valence-corrected chi connectivity index (χ1v) is 5.85. The summed E-state index contributed by atoms with van der Waals surface area (Å²) in [7, 11) is 0. The summed E-state index contributed by atoms with van der Waals surface area (Å²) in [5.74, 6) is 0.651. The number of ether oxygens (including phenoxy) is 1. The van der Waals surface area contributed by atoms with Crippen LogP contribution in [0.2, 0.25) is 0 Å².